The number of rotatable bonds is 4. The molecule has 0 aliphatic carbocycles. The van der Waals surface area contributed by atoms with E-state index in [-0.39, 0.29) is 11.5 Å². The number of nitrogens with zero attached hydrogens (tertiary/aromatic N) is 1. The third-order valence-corrected chi connectivity index (χ3v) is 4.38. The average molecular weight is 252 g/mol. The molecule has 0 amide bonds. The number of hydrogen-bond acceptors (Lipinski definition) is 4. The number of nitrogens with one attached hydrogen (secondary N) is 1. The monoisotopic (exact) mass is 252 g/mol. The molecule has 0 saturated carbocycles. The van der Waals surface area contributed by atoms with E-state index in [1.807, 2.05) is 13.0 Å². The minimum atomic E-state index is -0.239. The first-order valence-electron chi connectivity index (χ1n) is 6.84. The van der Waals surface area contributed by atoms with Crippen molar-refractivity contribution in [3.63, 3.8) is 0 Å². The molecule has 2 saturated heterocycles. The maximum Gasteiger partial charge on any atom is 0.330 e. The Bertz CT molecular complexity index is 339. The molecule has 0 spiro atoms. The molecule has 2 aliphatic heterocycles. The number of carbonyl (C=O) groups is 1. The van der Waals surface area contributed by atoms with Gasteiger partial charge in [0.15, 0.2) is 0 Å². The normalized spacial score (nSPS) is 30.8. The summed E-state index contributed by atoms with van der Waals surface area (Å²) >= 11 is 0. The van der Waals surface area contributed by atoms with Crippen LogP contribution in [0.15, 0.2) is 12.2 Å². The first-order chi connectivity index (χ1) is 8.55. The third kappa shape index (κ3) is 2.59. The lowest BCUT2D eigenvalue weighted by molar-refractivity contribution is -0.137. The summed E-state index contributed by atoms with van der Waals surface area (Å²) in [4.78, 5) is 13.7. The number of esters is 1. The molecule has 1 N–H and O–H groups in total. The van der Waals surface area contributed by atoms with Crippen LogP contribution >= 0.6 is 0 Å². The maximum absolute atomic E-state index is 11.2. The van der Waals surface area contributed by atoms with Crippen LogP contribution in [0, 0.1) is 11.8 Å². The van der Waals surface area contributed by atoms with Crippen LogP contribution in [0.1, 0.15) is 20.8 Å². The third-order valence-electron chi connectivity index (χ3n) is 4.38. The van der Waals surface area contributed by atoms with Gasteiger partial charge in [0, 0.05) is 31.2 Å². The fraction of sp³-hybridized carbons (Fsp3) is 0.786. The first kappa shape index (κ1) is 13.6. The van der Waals surface area contributed by atoms with Gasteiger partial charge in [0.05, 0.1) is 6.61 Å². The van der Waals surface area contributed by atoms with E-state index in [2.05, 4.69) is 24.1 Å². The van der Waals surface area contributed by atoms with E-state index < -0.39 is 0 Å². The molecule has 4 nitrogen and oxygen atoms in total. The van der Waals surface area contributed by atoms with Gasteiger partial charge in [-0.1, -0.05) is 6.08 Å². The summed E-state index contributed by atoms with van der Waals surface area (Å²) in [6, 6.07) is 0. The SMILES string of the molecule is CCOC(=O)/C=C/CN1CC2CNCC2C1(C)C. The summed E-state index contributed by atoms with van der Waals surface area (Å²) < 4.78 is 4.88. The predicted octanol–water partition coefficient (Wildman–Crippen LogP) is 1.04. The van der Waals surface area contributed by atoms with E-state index in [0.29, 0.717) is 6.61 Å². The lowest BCUT2D eigenvalue weighted by Crippen LogP contribution is -2.44. The Morgan fingerprint density at radius 1 is 1.50 bits per heavy atom. The molecule has 2 aliphatic rings. The van der Waals surface area contributed by atoms with Gasteiger partial charge in [-0.15, -0.1) is 0 Å². The van der Waals surface area contributed by atoms with E-state index in [4.69, 9.17) is 4.74 Å². The molecule has 0 aromatic rings. The number of ether oxygens (including phenoxy) is 1. The Labute approximate surface area is 109 Å². The lowest BCUT2D eigenvalue weighted by atomic mass is 9.85. The largest absolute Gasteiger partial charge is 0.463 e. The fourth-order valence-corrected chi connectivity index (χ4v) is 3.28. The van der Waals surface area contributed by atoms with Gasteiger partial charge in [-0.3, -0.25) is 4.90 Å². The topological polar surface area (TPSA) is 41.6 Å². The van der Waals surface area contributed by atoms with Gasteiger partial charge in [0.1, 0.15) is 0 Å². The number of carbonyl (C=O) groups excluding carboxylic acids is 1. The molecule has 2 fully saturated rings. The Morgan fingerprint density at radius 2 is 2.28 bits per heavy atom. The molecular weight excluding hydrogens is 228 g/mol. The van der Waals surface area contributed by atoms with Crippen molar-refractivity contribution in [1.29, 1.82) is 0 Å². The van der Waals surface area contributed by atoms with Gasteiger partial charge in [0.2, 0.25) is 0 Å². The minimum Gasteiger partial charge on any atom is -0.463 e. The molecule has 2 rings (SSSR count). The summed E-state index contributed by atoms with van der Waals surface area (Å²) in [6.07, 6.45) is 3.47. The molecule has 2 unspecified atom stereocenters. The Balaban J connectivity index is 1.89. The Morgan fingerprint density at radius 3 is 2.94 bits per heavy atom. The zero-order valence-electron chi connectivity index (χ0n) is 11.6. The van der Waals surface area contributed by atoms with Crippen molar-refractivity contribution in [2.75, 3.05) is 32.8 Å². The van der Waals surface area contributed by atoms with Crippen molar-refractivity contribution in [1.82, 2.24) is 10.2 Å². The van der Waals surface area contributed by atoms with Crippen molar-refractivity contribution in [2.24, 2.45) is 11.8 Å². The lowest BCUT2D eigenvalue weighted by Gasteiger charge is -2.34. The maximum atomic E-state index is 11.2. The van der Waals surface area contributed by atoms with Gasteiger partial charge in [-0.25, -0.2) is 4.79 Å². The molecule has 18 heavy (non-hydrogen) atoms. The molecule has 0 aromatic carbocycles. The summed E-state index contributed by atoms with van der Waals surface area (Å²) in [6.45, 7) is 11.1. The highest BCUT2D eigenvalue weighted by Crippen LogP contribution is 2.40. The zero-order valence-corrected chi connectivity index (χ0v) is 11.6. The van der Waals surface area contributed by atoms with E-state index >= 15 is 0 Å². The Kier molecular flexibility index (Phi) is 4.07. The molecule has 4 heteroatoms. The van der Waals surface area contributed by atoms with Crippen molar-refractivity contribution in [2.45, 2.75) is 26.3 Å². The van der Waals surface area contributed by atoms with Gasteiger partial charge >= 0.3 is 5.97 Å². The van der Waals surface area contributed by atoms with Crippen LogP contribution < -0.4 is 5.32 Å². The summed E-state index contributed by atoms with van der Waals surface area (Å²) in [5, 5.41) is 3.47. The minimum absolute atomic E-state index is 0.215. The molecular formula is C14H24N2O2. The highest BCUT2D eigenvalue weighted by molar-refractivity contribution is 5.81. The van der Waals surface area contributed by atoms with Gasteiger partial charge in [-0.2, -0.15) is 0 Å². The zero-order chi connectivity index (χ0) is 13.2. The second kappa shape index (κ2) is 5.41. The van der Waals surface area contributed by atoms with Crippen LogP contribution in [0.4, 0.5) is 0 Å². The van der Waals surface area contributed by atoms with Crippen molar-refractivity contribution in [3.05, 3.63) is 12.2 Å². The van der Waals surface area contributed by atoms with Crippen LogP contribution in [0.25, 0.3) is 0 Å². The average Bonchev–Trinajstić information content (AvgIpc) is 2.84. The van der Waals surface area contributed by atoms with Crippen LogP contribution in [-0.2, 0) is 9.53 Å². The van der Waals surface area contributed by atoms with E-state index in [1.165, 1.54) is 0 Å². The smallest absolute Gasteiger partial charge is 0.330 e. The standard InChI is InChI=1S/C14H24N2O2/c1-4-18-13(17)6-5-7-16-10-11-8-15-9-12(11)14(16,2)3/h5-6,11-12,15H,4,7-10H2,1-3H3/b6-5+. The number of fused-ring (bicyclic) bond motifs is 1. The van der Waals surface area contributed by atoms with E-state index in [0.717, 1.165) is 38.0 Å². The highest BCUT2D eigenvalue weighted by atomic mass is 16.5. The number of hydrogen-bond donors (Lipinski definition) is 1. The molecule has 0 radical (unpaired) electrons. The molecule has 2 heterocycles. The van der Waals surface area contributed by atoms with Gasteiger partial charge in [-0.05, 0) is 39.2 Å². The van der Waals surface area contributed by atoms with Crippen LogP contribution in [0.3, 0.4) is 0 Å². The van der Waals surface area contributed by atoms with Crippen LogP contribution in [0.5, 0.6) is 0 Å². The first-order valence-corrected chi connectivity index (χ1v) is 6.84. The van der Waals surface area contributed by atoms with Gasteiger partial charge < -0.3 is 10.1 Å². The summed E-state index contributed by atoms with van der Waals surface area (Å²) in [7, 11) is 0. The van der Waals surface area contributed by atoms with E-state index in [1.54, 1.807) is 6.08 Å². The van der Waals surface area contributed by atoms with Gasteiger partial charge in [0.25, 0.3) is 0 Å². The van der Waals surface area contributed by atoms with Crippen molar-refractivity contribution < 1.29 is 9.53 Å². The Hall–Kier alpha value is -0.870. The second-order valence-corrected chi connectivity index (χ2v) is 5.74. The second-order valence-electron chi connectivity index (χ2n) is 5.74. The fourth-order valence-electron chi connectivity index (χ4n) is 3.28. The van der Waals surface area contributed by atoms with Crippen molar-refractivity contribution >= 4 is 5.97 Å². The van der Waals surface area contributed by atoms with Crippen LogP contribution in [-0.4, -0.2) is 49.2 Å². The predicted molar refractivity (Wildman–Crippen MR) is 71.3 cm³/mol. The summed E-state index contributed by atoms with van der Waals surface area (Å²) in [5.41, 5.74) is 0.215. The van der Waals surface area contributed by atoms with Crippen LogP contribution in [0.2, 0.25) is 0 Å². The highest BCUT2D eigenvalue weighted by Gasteiger charge is 2.48. The van der Waals surface area contributed by atoms with E-state index in [9.17, 15) is 4.79 Å². The molecule has 102 valence electrons. The quantitative estimate of drug-likeness (QED) is 0.599. The molecule has 2 atom stereocenters. The van der Waals surface area contributed by atoms with Crippen molar-refractivity contribution in [3.8, 4) is 0 Å². The molecule has 0 bridgehead atoms. The number of likely N-dealkylation sites (tertiary alicyclic amines) is 1. The molecule has 0 aromatic heterocycles. The summed E-state index contributed by atoms with van der Waals surface area (Å²) in [5.74, 6) is 1.25.